The Morgan fingerprint density at radius 1 is 0.968 bits per heavy atom. The van der Waals surface area contributed by atoms with Gasteiger partial charge in [-0.2, -0.15) is 5.10 Å². The van der Waals surface area contributed by atoms with Crippen LogP contribution >= 0.6 is 12.2 Å². The number of carbonyl (C=O) groups is 1. The molecule has 0 amide bonds. The van der Waals surface area contributed by atoms with Crippen LogP contribution in [0.4, 0.5) is 5.69 Å². The second-order valence-corrected chi connectivity index (χ2v) is 7.50. The Hall–Kier alpha value is -3.77. The largest absolute Gasteiger partial charge is 0.358 e. The zero-order valence-electron chi connectivity index (χ0n) is 17.1. The first-order valence-corrected chi connectivity index (χ1v) is 10.4. The first-order chi connectivity index (χ1) is 15.1. The minimum Gasteiger partial charge on any atom is -0.358 e. The zero-order chi connectivity index (χ0) is 21.6. The van der Waals surface area contributed by atoms with Crippen molar-refractivity contribution in [1.29, 1.82) is 0 Å². The van der Waals surface area contributed by atoms with Gasteiger partial charge in [0.05, 0.1) is 11.4 Å². The van der Waals surface area contributed by atoms with Crippen LogP contribution in [0.5, 0.6) is 0 Å². The van der Waals surface area contributed by atoms with Crippen LogP contribution in [0.25, 0.3) is 16.9 Å². The van der Waals surface area contributed by atoms with Gasteiger partial charge in [0, 0.05) is 35.1 Å². The van der Waals surface area contributed by atoms with Gasteiger partial charge in [0.25, 0.3) is 0 Å². The van der Waals surface area contributed by atoms with Gasteiger partial charge in [-0.15, -0.1) is 0 Å². The third kappa shape index (κ3) is 5.05. The van der Waals surface area contributed by atoms with Crippen molar-refractivity contribution in [3.8, 4) is 16.9 Å². The second-order valence-electron chi connectivity index (χ2n) is 7.09. The van der Waals surface area contributed by atoms with Crippen molar-refractivity contribution in [3.63, 3.8) is 0 Å². The van der Waals surface area contributed by atoms with E-state index >= 15 is 0 Å². The van der Waals surface area contributed by atoms with Crippen molar-refractivity contribution in [3.05, 3.63) is 102 Å². The molecule has 0 atom stereocenters. The molecule has 0 saturated heterocycles. The molecule has 1 aromatic heterocycles. The molecule has 4 rings (SSSR count). The van der Waals surface area contributed by atoms with E-state index in [1.165, 1.54) is 0 Å². The highest BCUT2D eigenvalue weighted by molar-refractivity contribution is 7.80. The fourth-order valence-electron chi connectivity index (χ4n) is 3.26. The Morgan fingerprint density at radius 2 is 1.68 bits per heavy atom. The summed E-state index contributed by atoms with van der Waals surface area (Å²) in [5.41, 5.74) is 5.38. The number of hydrogen-bond acceptors (Lipinski definition) is 3. The predicted octanol–water partition coefficient (Wildman–Crippen LogP) is 5.23. The van der Waals surface area contributed by atoms with Crippen molar-refractivity contribution in [1.82, 2.24) is 15.1 Å². The number of nitrogens with zero attached hydrogens (tertiary/aromatic N) is 2. The molecule has 0 fully saturated rings. The van der Waals surface area contributed by atoms with Gasteiger partial charge < -0.3 is 10.6 Å². The highest BCUT2D eigenvalue weighted by Crippen LogP contribution is 2.23. The monoisotopic (exact) mass is 426 g/mol. The summed E-state index contributed by atoms with van der Waals surface area (Å²) in [6, 6.07) is 27.4. The van der Waals surface area contributed by atoms with Crippen LogP contribution in [0, 0.1) is 0 Å². The number of aromatic nitrogens is 2. The van der Waals surface area contributed by atoms with Crippen LogP contribution in [0.3, 0.4) is 0 Å². The average Bonchev–Trinajstić information content (AvgIpc) is 3.23. The van der Waals surface area contributed by atoms with Crippen LogP contribution in [0.2, 0.25) is 0 Å². The molecule has 0 bridgehead atoms. The number of nitrogens with one attached hydrogen (secondary N) is 2. The van der Waals surface area contributed by atoms with Crippen LogP contribution in [0.1, 0.15) is 22.8 Å². The predicted molar refractivity (Wildman–Crippen MR) is 129 cm³/mol. The van der Waals surface area contributed by atoms with Gasteiger partial charge in [-0.05, 0) is 43.4 Å². The summed E-state index contributed by atoms with van der Waals surface area (Å²) in [5, 5.41) is 11.7. The number of hydrogen-bond donors (Lipinski definition) is 2. The molecule has 0 saturated carbocycles. The Labute approximate surface area is 186 Å². The number of carbonyl (C=O) groups excluding carboxylic acids is 1. The molecule has 3 aromatic carbocycles. The van der Waals surface area contributed by atoms with E-state index in [4.69, 9.17) is 17.3 Å². The lowest BCUT2D eigenvalue weighted by atomic mass is 10.1. The molecule has 0 aliphatic rings. The summed E-state index contributed by atoms with van der Waals surface area (Å²) >= 11 is 5.47. The van der Waals surface area contributed by atoms with Crippen LogP contribution in [-0.4, -0.2) is 20.7 Å². The average molecular weight is 427 g/mol. The Morgan fingerprint density at radius 3 is 2.39 bits per heavy atom. The summed E-state index contributed by atoms with van der Waals surface area (Å²) < 4.78 is 1.88. The van der Waals surface area contributed by atoms with E-state index in [-0.39, 0.29) is 5.78 Å². The van der Waals surface area contributed by atoms with Gasteiger partial charge in [0.15, 0.2) is 10.9 Å². The fraction of sp³-hybridized carbons (Fsp3) is 0.0800. The van der Waals surface area contributed by atoms with E-state index in [0.717, 1.165) is 28.2 Å². The number of ketones is 1. The van der Waals surface area contributed by atoms with Gasteiger partial charge in [-0.25, -0.2) is 4.68 Å². The number of para-hydroxylation sites is 1. The van der Waals surface area contributed by atoms with E-state index in [9.17, 15) is 4.79 Å². The molecule has 0 aliphatic carbocycles. The third-order valence-corrected chi connectivity index (χ3v) is 5.07. The van der Waals surface area contributed by atoms with Crippen molar-refractivity contribution in [2.24, 2.45) is 0 Å². The van der Waals surface area contributed by atoms with Gasteiger partial charge in [0.1, 0.15) is 0 Å². The third-order valence-electron chi connectivity index (χ3n) is 4.82. The van der Waals surface area contributed by atoms with E-state index in [1.807, 2.05) is 83.7 Å². The minimum absolute atomic E-state index is 0.0170. The molecule has 2 N–H and O–H groups in total. The standard InChI is InChI=1S/C25H22N4OS/c1-18(30)20-11-8-12-22(15-20)27-25(31)26-16-21-17-29(23-13-6-3-7-14-23)28-24(21)19-9-4-2-5-10-19/h2-15,17H,16H2,1H3,(H2,26,27,31). The highest BCUT2D eigenvalue weighted by Gasteiger charge is 2.13. The van der Waals surface area contributed by atoms with E-state index in [1.54, 1.807) is 19.1 Å². The normalized spacial score (nSPS) is 10.5. The topological polar surface area (TPSA) is 59.0 Å². The molecule has 154 valence electrons. The summed E-state index contributed by atoms with van der Waals surface area (Å²) in [4.78, 5) is 11.6. The summed E-state index contributed by atoms with van der Waals surface area (Å²) in [6.45, 7) is 2.06. The van der Waals surface area contributed by atoms with E-state index in [2.05, 4.69) is 10.6 Å². The van der Waals surface area contributed by atoms with E-state index in [0.29, 0.717) is 17.2 Å². The first-order valence-electron chi connectivity index (χ1n) is 9.95. The van der Waals surface area contributed by atoms with Crippen LogP contribution in [0.15, 0.2) is 91.1 Å². The lowest BCUT2D eigenvalue weighted by Gasteiger charge is -2.11. The quantitative estimate of drug-likeness (QED) is 0.327. The maximum absolute atomic E-state index is 11.6. The lowest BCUT2D eigenvalue weighted by Crippen LogP contribution is -2.28. The first kappa shape index (κ1) is 20.5. The van der Waals surface area contributed by atoms with Crippen molar-refractivity contribution in [2.75, 3.05) is 5.32 Å². The molecule has 31 heavy (non-hydrogen) atoms. The molecule has 4 aromatic rings. The molecule has 0 aliphatic heterocycles. The van der Waals surface area contributed by atoms with Gasteiger partial charge in [-0.3, -0.25) is 4.79 Å². The van der Waals surface area contributed by atoms with Crippen molar-refractivity contribution >= 4 is 28.8 Å². The Balaban J connectivity index is 1.53. The minimum atomic E-state index is 0.0170. The Bertz CT molecular complexity index is 1200. The van der Waals surface area contributed by atoms with Gasteiger partial charge in [0.2, 0.25) is 0 Å². The molecule has 0 spiro atoms. The smallest absolute Gasteiger partial charge is 0.171 e. The van der Waals surface area contributed by atoms with E-state index < -0.39 is 0 Å². The van der Waals surface area contributed by atoms with Gasteiger partial charge in [-0.1, -0.05) is 60.7 Å². The number of rotatable bonds is 6. The number of Topliss-reactive ketones (excluding diaryl/α,β-unsaturated/α-hetero) is 1. The maximum atomic E-state index is 11.6. The fourth-order valence-corrected chi connectivity index (χ4v) is 3.45. The zero-order valence-corrected chi connectivity index (χ0v) is 17.9. The van der Waals surface area contributed by atoms with Crippen molar-refractivity contribution in [2.45, 2.75) is 13.5 Å². The SMILES string of the molecule is CC(=O)c1cccc(NC(=S)NCc2cn(-c3ccccc3)nc2-c2ccccc2)c1. The number of anilines is 1. The van der Waals surface area contributed by atoms with Crippen LogP contribution < -0.4 is 10.6 Å². The lowest BCUT2D eigenvalue weighted by molar-refractivity contribution is 0.101. The molecule has 5 nitrogen and oxygen atoms in total. The molecule has 1 heterocycles. The summed E-state index contributed by atoms with van der Waals surface area (Å²) in [6.07, 6.45) is 2.02. The molecular formula is C25H22N4OS. The molecular weight excluding hydrogens is 404 g/mol. The molecule has 0 radical (unpaired) electrons. The maximum Gasteiger partial charge on any atom is 0.171 e. The summed E-state index contributed by atoms with van der Waals surface area (Å²) in [5.74, 6) is 0.0170. The number of thiocarbonyl (C=S) groups is 1. The Kier molecular flexibility index (Phi) is 6.19. The van der Waals surface area contributed by atoms with Crippen LogP contribution in [-0.2, 0) is 6.54 Å². The summed E-state index contributed by atoms with van der Waals surface area (Å²) in [7, 11) is 0. The second kappa shape index (κ2) is 9.36. The molecule has 6 heteroatoms. The molecule has 0 unspecified atom stereocenters. The van der Waals surface area contributed by atoms with Crippen molar-refractivity contribution < 1.29 is 4.79 Å². The highest BCUT2D eigenvalue weighted by atomic mass is 32.1. The van der Waals surface area contributed by atoms with Gasteiger partial charge >= 0.3 is 0 Å². The number of benzene rings is 3.